The van der Waals surface area contributed by atoms with Gasteiger partial charge in [0.25, 0.3) is 0 Å². The van der Waals surface area contributed by atoms with E-state index in [-0.39, 0.29) is 0 Å². The number of benzene rings is 1. The quantitative estimate of drug-likeness (QED) is 0.664. The first kappa shape index (κ1) is 10.1. The molecule has 0 N–H and O–H groups in total. The molecule has 0 spiro atoms. The van der Waals surface area contributed by atoms with Crippen LogP contribution in [0.25, 0.3) is 0 Å². The Hall–Kier alpha value is 0.880. The van der Waals surface area contributed by atoms with Gasteiger partial charge in [0.1, 0.15) is 0 Å². The van der Waals surface area contributed by atoms with E-state index < -0.39 is 0 Å². The fourth-order valence-electron chi connectivity index (χ4n) is 2.01. The Bertz CT molecular complexity index is 343. The van der Waals surface area contributed by atoms with Crippen LogP contribution in [0.3, 0.4) is 0 Å². The summed E-state index contributed by atoms with van der Waals surface area (Å²) in [6.45, 7) is 0. The molecule has 0 amide bonds. The van der Waals surface area contributed by atoms with Crippen molar-refractivity contribution in [3.05, 3.63) is 31.2 Å². The van der Waals surface area contributed by atoms with Gasteiger partial charge >= 0.3 is 0 Å². The van der Waals surface area contributed by atoms with Crippen LogP contribution in [0.5, 0.6) is 0 Å². The van der Waals surface area contributed by atoms with Crippen molar-refractivity contribution in [1.29, 1.82) is 0 Å². The van der Waals surface area contributed by atoms with Crippen LogP contribution in [0.1, 0.15) is 22.3 Å². The highest BCUT2D eigenvalue weighted by Gasteiger charge is 2.26. The zero-order valence-electron chi connectivity index (χ0n) is 7.40. The molecule has 0 radical (unpaired) electrons. The van der Waals surface area contributed by atoms with Gasteiger partial charge in [0, 0.05) is 32.0 Å². The van der Waals surface area contributed by atoms with Crippen LogP contribution in [0.15, 0.2) is 8.95 Å². The van der Waals surface area contributed by atoms with E-state index in [0.29, 0.717) is 0 Å². The molecule has 2 heterocycles. The topological polar surface area (TPSA) is 0 Å². The van der Waals surface area contributed by atoms with E-state index in [1.165, 1.54) is 54.2 Å². The van der Waals surface area contributed by atoms with E-state index in [0.717, 1.165) is 0 Å². The maximum atomic E-state index is 3.77. The van der Waals surface area contributed by atoms with Gasteiger partial charge in [-0.15, -0.1) is 0 Å². The second kappa shape index (κ2) is 3.72. The summed E-state index contributed by atoms with van der Waals surface area (Å²) in [5.41, 5.74) is 6.12. The van der Waals surface area contributed by atoms with Crippen molar-refractivity contribution in [3.63, 3.8) is 0 Å². The van der Waals surface area contributed by atoms with Gasteiger partial charge < -0.3 is 0 Å². The highest BCUT2D eigenvalue weighted by Crippen LogP contribution is 2.48. The highest BCUT2D eigenvalue weighted by atomic mass is 79.9. The predicted octanol–water partition coefficient (Wildman–Crippen LogP) is 4.71. The van der Waals surface area contributed by atoms with Crippen molar-refractivity contribution < 1.29 is 0 Å². The summed E-state index contributed by atoms with van der Waals surface area (Å²) < 4.78 is 2.78. The normalized spacial score (nSPS) is 18.4. The zero-order chi connectivity index (χ0) is 9.71. The molecule has 0 fully saturated rings. The molecule has 0 aromatic heterocycles. The lowest BCUT2D eigenvalue weighted by atomic mass is 10.0. The zero-order valence-corrected chi connectivity index (χ0v) is 12.2. The fourth-order valence-corrected chi connectivity index (χ4v) is 6.56. The van der Waals surface area contributed by atoms with Crippen LogP contribution < -0.4 is 0 Å². The molecular weight excluding hydrogens is 344 g/mol. The average molecular weight is 352 g/mol. The number of rotatable bonds is 0. The molecule has 0 aliphatic carbocycles. The molecule has 1 aromatic rings. The van der Waals surface area contributed by atoms with Gasteiger partial charge in [-0.3, -0.25) is 0 Å². The number of hydrogen-bond donors (Lipinski definition) is 0. The SMILES string of the molecule is Brc1c2c(c(Br)c3c1CSC3)CSC2. The predicted molar refractivity (Wildman–Crippen MR) is 71.8 cm³/mol. The fraction of sp³-hybridized carbons (Fsp3) is 0.400. The highest BCUT2D eigenvalue weighted by molar-refractivity contribution is 9.11. The van der Waals surface area contributed by atoms with Gasteiger partial charge in [-0.2, -0.15) is 23.5 Å². The smallest absolute Gasteiger partial charge is 0.0263 e. The van der Waals surface area contributed by atoms with Crippen molar-refractivity contribution in [3.8, 4) is 0 Å². The summed E-state index contributed by atoms with van der Waals surface area (Å²) in [6, 6.07) is 0. The van der Waals surface area contributed by atoms with E-state index in [1.807, 2.05) is 23.5 Å². The third-order valence-corrected chi connectivity index (χ3v) is 6.66. The first-order valence-corrected chi connectivity index (χ1v) is 8.34. The van der Waals surface area contributed by atoms with E-state index in [9.17, 15) is 0 Å². The average Bonchev–Trinajstić information content (AvgIpc) is 2.82. The Morgan fingerprint density at radius 2 is 0.929 bits per heavy atom. The monoisotopic (exact) mass is 350 g/mol. The van der Waals surface area contributed by atoms with Crippen molar-refractivity contribution >= 4 is 55.4 Å². The van der Waals surface area contributed by atoms with Crippen LogP contribution in [0, 0.1) is 0 Å². The van der Waals surface area contributed by atoms with E-state index >= 15 is 0 Å². The van der Waals surface area contributed by atoms with Gasteiger partial charge in [0.2, 0.25) is 0 Å². The summed E-state index contributed by atoms with van der Waals surface area (Å²) in [7, 11) is 0. The Labute approximate surface area is 109 Å². The summed E-state index contributed by atoms with van der Waals surface area (Å²) in [4.78, 5) is 0. The lowest BCUT2D eigenvalue weighted by Crippen LogP contribution is -1.95. The molecule has 2 aliphatic rings. The first-order valence-electron chi connectivity index (χ1n) is 4.45. The molecule has 0 unspecified atom stereocenters. The number of fused-ring (bicyclic) bond motifs is 2. The minimum atomic E-state index is 1.17. The molecule has 1 aromatic carbocycles. The van der Waals surface area contributed by atoms with Crippen LogP contribution in [-0.2, 0) is 23.0 Å². The third kappa shape index (κ3) is 1.34. The van der Waals surface area contributed by atoms with Crippen LogP contribution in [0.4, 0.5) is 0 Å². The standard InChI is InChI=1S/C10H8Br2S2/c11-9-5-1-13-2-6(5)10(12)8-4-14-3-7(8)9/h1-4H2. The third-order valence-electron chi connectivity index (χ3n) is 2.77. The molecular formula is C10H8Br2S2. The summed E-state index contributed by atoms with van der Waals surface area (Å²) in [5, 5.41) is 0. The summed E-state index contributed by atoms with van der Waals surface area (Å²) >= 11 is 11.6. The molecule has 0 nitrogen and oxygen atoms in total. The second-order valence-electron chi connectivity index (χ2n) is 3.53. The summed E-state index contributed by atoms with van der Waals surface area (Å²) in [5.74, 6) is 4.69. The molecule has 14 heavy (non-hydrogen) atoms. The maximum Gasteiger partial charge on any atom is 0.0263 e. The molecule has 4 heteroatoms. The van der Waals surface area contributed by atoms with Gasteiger partial charge in [-0.25, -0.2) is 0 Å². The van der Waals surface area contributed by atoms with Gasteiger partial charge in [-0.05, 0) is 22.3 Å². The number of halogens is 2. The van der Waals surface area contributed by atoms with Gasteiger partial charge in [-0.1, -0.05) is 31.9 Å². The summed E-state index contributed by atoms with van der Waals surface area (Å²) in [6.07, 6.45) is 0. The minimum Gasteiger partial charge on any atom is -0.152 e. The minimum absolute atomic E-state index is 1.17. The van der Waals surface area contributed by atoms with Crippen molar-refractivity contribution in [2.45, 2.75) is 23.0 Å². The number of hydrogen-bond acceptors (Lipinski definition) is 2. The van der Waals surface area contributed by atoms with Crippen molar-refractivity contribution in [2.75, 3.05) is 0 Å². The maximum absolute atomic E-state index is 3.77. The van der Waals surface area contributed by atoms with Gasteiger partial charge in [0.05, 0.1) is 0 Å². The van der Waals surface area contributed by atoms with Gasteiger partial charge in [0.15, 0.2) is 0 Å². The first-order chi connectivity index (χ1) is 6.79. The molecule has 74 valence electrons. The largest absolute Gasteiger partial charge is 0.152 e. The van der Waals surface area contributed by atoms with Crippen LogP contribution >= 0.6 is 55.4 Å². The van der Waals surface area contributed by atoms with E-state index in [2.05, 4.69) is 31.9 Å². The molecule has 0 bridgehead atoms. The van der Waals surface area contributed by atoms with E-state index in [4.69, 9.17) is 0 Å². The molecule has 2 aliphatic heterocycles. The Balaban J connectivity index is 2.33. The lowest BCUT2D eigenvalue weighted by Gasteiger charge is -2.11. The lowest BCUT2D eigenvalue weighted by molar-refractivity contribution is 1.20. The molecule has 0 saturated carbocycles. The van der Waals surface area contributed by atoms with Crippen molar-refractivity contribution in [1.82, 2.24) is 0 Å². The molecule has 3 rings (SSSR count). The van der Waals surface area contributed by atoms with Crippen LogP contribution in [-0.4, -0.2) is 0 Å². The van der Waals surface area contributed by atoms with E-state index in [1.54, 1.807) is 0 Å². The van der Waals surface area contributed by atoms with Crippen LogP contribution in [0.2, 0.25) is 0 Å². The second-order valence-corrected chi connectivity index (χ2v) is 7.08. The molecule has 0 atom stereocenters. The Morgan fingerprint density at radius 1 is 0.643 bits per heavy atom. The Kier molecular flexibility index (Phi) is 2.67. The molecule has 0 saturated heterocycles. The van der Waals surface area contributed by atoms with Crippen molar-refractivity contribution in [2.24, 2.45) is 0 Å². The number of thioether (sulfide) groups is 2. The Morgan fingerprint density at radius 3 is 1.21 bits per heavy atom.